The summed E-state index contributed by atoms with van der Waals surface area (Å²) in [5.41, 5.74) is 3.57. The summed E-state index contributed by atoms with van der Waals surface area (Å²) in [6.45, 7) is 5.40. The minimum absolute atomic E-state index is 0.223. The number of hydrogen-bond acceptors (Lipinski definition) is 3. The first kappa shape index (κ1) is 18.5. The van der Waals surface area contributed by atoms with Crippen molar-refractivity contribution in [1.82, 2.24) is 4.98 Å². The van der Waals surface area contributed by atoms with Crippen LogP contribution in [0.15, 0.2) is 36.4 Å². The second kappa shape index (κ2) is 7.51. The molecule has 3 aromatic rings. The molecular formula is C20H23FN3OS+. The summed E-state index contributed by atoms with van der Waals surface area (Å²) in [6.07, 6.45) is 0. The molecule has 1 amide bonds. The molecule has 0 atom stereocenters. The molecule has 136 valence electrons. The van der Waals surface area contributed by atoms with Gasteiger partial charge in [-0.2, -0.15) is 0 Å². The van der Waals surface area contributed by atoms with E-state index in [0.29, 0.717) is 17.2 Å². The van der Waals surface area contributed by atoms with Gasteiger partial charge in [0.2, 0.25) is 0 Å². The summed E-state index contributed by atoms with van der Waals surface area (Å²) in [5, 5.41) is 0.657. The molecule has 1 aromatic heterocycles. The third-order valence-electron chi connectivity index (χ3n) is 4.46. The highest BCUT2D eigenvalue weighted by molar-refractivity contribution is 7.22. The summed E-state index contributed by atoms with van der Waals surface area (Å²) < 4.78 is 14.6. The van der Waals surface area contributed by atoms with Crippen molar-refractivity contribution in [2.24, 2.45) is 0 Å². The number of amides is 1. The Morgan fingerprint density at radius 2 is 2.00 bits per heavy atom. The van der Waals surface area contributed by atoms with E-state index in [1.54, 1.807) is 17.0 Å². The summed E-state index contributed by atoms with van der Waals surface area (Å²) in [5.74, 6) is -0.635. The number of quaternary nitrogens is 1. The van der Waals surface area contributed by atoms with Crippen molar-refractivity contribution in [3.05, 3.63) is 58.9 Å². The third kappa shape index (κ3) is 3.76. The van der Waals surface area contributed by atoms with Crippen LogP contribution in [0.4, 0.5) is 9.52 Å². The maximum atomic E-state index is 13.6. The van der Waals surface area contributed by atoms with E-state index in [2.05, 4.69) is 13.0 Å². The SMILES string of the molecule is Cc1ccc2sc(N(CC[NH+](C)C)C(=O)c3cccc(F)c3)nc2c1C. The molecule has 0 bridgehead atoms. The van der Waals surface area contributed by atoms with Crippen molar-refractivity contribution in [3.63, 3.8) is 0 Å². The number of nitrogens with one attached hydrogen (secondary N) is 1. The monoisotopic (exact) mass is 372 g/mol. The smallest absolute Gasteiger partial charge is 0.260 e. The van der Waals surface area contributed by atoms with Gasteiger partial charge in [-0.3, -0.25) is 9.69 Å². The van der Waals surface area contributed by atoms with Crippen LogP contribution in [0.3, 0.4) is 0 Å². The molecule has 2 aromatic carbocycles. The lowest BCUT2D eigenvalue weighted by Crippen LogP contribution is -3.06. The Kier molecular flexibility index (Phi) is 5.34. The molecule has 0 radical (unpaired) electrons. The van der Waals surface area contributed by atoms with Gasteiger partial charge in [-0.1, -0.05) is 23.5 Å². The molecule has 0 saturated carbocycles. The second-order valence-electron chi connectivity index (χ2n) is 6.77. The fourth-order valence-corrected chi connectivity index (χ4v) is 3.78. The zero-order chi connectivity index (χ0) is 18.8. The number of halogens is 1. The van der Waals surface area contributed by atoms with E-state index in [1.807, 2.05) is 27.1 Å². The predicted molar refractivity (Wildman–Crippen MR) is 105 cm³/mol. The summed E-state index contributed by atoms with van der Waals surface area (Å²) in [7, 11) is 4.08. The second-order valence-corrected chi connectivity index (χ2v) is 7.78. The molecule has 0 spiro atoms. The molecule has 0 aliphatic heterocycles. The van der Waals surface area contributed by atoms with Crippen molar-refractivity contribution in [2.75, 3.05) is 32.1 Å². The number of rotatable bonds is 5. The van der Waals surface area contributed by atoms with Gasteiger partial charge in [0.05, 0.1) is 37.4 Å². The highest BCUT2D eigenvalue weighted by atomic mass is 32.1. The number of hydrogen-bond donors (Lipinski definition) is 1. The fourth-order valence-electron chi connectivity index (χ4n) is 2.73. The van der Waals surface area contributed by atoms with Crippen molar-refractivity contribution in [3.8, 4) is 0 Å². The largest absolute Gasteiger partial charge is 0.338 e. The van der Waals surface area contributed by atoms with Crippen molar-refractivity contribution in [2.45, 2.75) is 13.8 Å². The topological polar surface area (TPSA) is 37.6 Å². The molecule has 6 heteroatoms. The van der Waals surface area contributed by atoms with E-state index < -0.39 is 5.82 Å². The number of aromatic nitrogens is 1. The first-order valence-electron chi connectivity index (χ1n) is 8.60. The first-order valence-corrected chi connectivity index (χ1v) is 9.41. The first-order chi connectivity index (χ1) is 12.4. The Labute approximate surface area is 156 Å². The number of carbonyl (C=O) groups is 1. The highest BCUT2D eigenvalue weighted by Gasteiger charge is 2.23. The normalized spacial score (nSPS) is 11.3. The van der Waals surface area contributed by atoms with Crippen molar-refractivity contribution in [1.29, 1.82) is 0 Å². The number of anilines is 1. The Hall–Kier alpha value is -2.31. The lowest BCUT2D eigenvalue weighted by molar-refractivity contribution is -0.856. The quantitative estimate of drug-likeness (QED) is 0.748. The minimum atomic E-state index is -0.412. The van der Waals surface area contributed by atoms with Gasteiger partial charge in [-0.05, 0) is 49.2 Å². The van der Waals surface area contributed by atoms with Gasteiger partial charge in [0.25, 0.3) is 5.91 Å². The van der Waals surface area contributed by atoms with Crippen molar-refractivity contribution >= 4 is 32.6 Å². The van der Waals surface area contributed by atoms with Crippen LogP contribution in [0, 0.1) is 19.7 Å². The number of likely N-dealkylation sites (N-methyl/N-ethyl adjacent to an activating group) is 1. The van der Waals surface area contributed by atoms with Gasteiger partial charge in [-0.15, -0.1) is 0 Å². The molecule has 26 heavy (non-hydrogen) atoms. The van der Waals surface area contributed by atoms with Crippen molar-refractivity contribution < 1.29 is 14.1 Å². The molecule has 3 rings (SSSR count). The molecular weight excluding hydrogens is 349 g/mol. The highest BCUT2D eigenvalue weighted by Crippen LogP contribution is 2.32. The standard InChI is InChI=1S/C20H22FN3OS/c1-13-8-9-17-18(14(13)2)22-20(26-17)24(11-10-23(3)4)19(25)15-6-5-7-16(21)12-15/h5-9,12H,10-11H2,1-4H3/p+1. The van der Waals surface area contributed by atoms with Crippen LogP contribution in [-0.2, 0) is 0 Å². The van der Waals surface area contributed by atoms with E-state index in [0.717, 1.165) is 22.3 Å². The minimum Gasteiger partial charge on any atom is -0.338 e. The number of aryl methyl sites for hydroxylation is 2. The zero-order valence-corrected chi connectivity index (χ0v) is 16.3. The molecule has 0 aliphatic rings. The van der Waals surface area contributed by atoms with Crippen LogP contribution in [-0.4, -0.2) is 38.1 Å². The molecule has 0 aliphatic carbocycles. The number of fused-ring (bicyclic) bond motifs is 1. The number of carbonyl (C=O) groups excluding carboxylic acids is 1. The van der Waals surface area contributed by atoms with Gasteiger partial charge >= 0.3 is 0 Å². The maximum Gasteiger partial charge on any atom is 0.260 e. The molecule has 4 nitrogen and oxygen atoms in total. The Morgan fingerprint density at radius 3 is 2.69 bits per heavy atom. The number of thiazole rings is 1. The van der Waals surface area contributed by atoms with E-state index in [-0.39, 0.29) is 5.91 Å². The molecule has 1 N–H and O–H groups in total. The molecule has 1 heterocycles. The van der Waals surface area contributed by atoms with E-state index in [1.165, 1.54) is 33.9 Å². The third-order valence-corrected chi connectivity index (χ3v) is 5.50. The summed E-state index contributed by atoms with van der Waals surface area (Å²) in [6, 6.07) is 9.94. The molecule has 0 unspecified atom stereocenters. The average Bonchev–Trinajstić information content (AvgIpc) is 3.02. The predicted octanol–water partition coefficient (Wildman–Crippen LogP) is 2.84. The van der Waals surface area contributed by atoms with E-state index in [4.69, 9.17) is 4.98 Å². The maximum absolute atomic E-state index is 13.6. The van der Waals surface area contributed by atoms with Crippen LogP contribution in [0.5, 0.6) is 0 Å². The lowest BCUT2D eigenvalue weighted by atomic mass is 10.1. The van der Waals surface area contributed by atoms with Crippen LogP contribution in [0.2, 0.25) is 0 Å². The number of benzene rings is 2. The van der Waals surface area contributed by atoms with Gasteiger partial charge in [-0.25, -0.2) is 9.37 Å². The molecule has 0 saturated heterocycles. The van der Waals surface area contributed by atoms with Crippen LogP contribution in [0.1, 0.15) is 21.5 Å². The molecule has 0 fully saturated rings. The van der Waals surface area contributed by atoms with Crippen LogP contribution in [0.25, 0.3) is 10.2 Å². The van der Waals surface area contributed by atoms with Gasteiger partial charge in [0, 0.05) is 5.56 Å². The Bertz CT molecular complexity index is 951. The van der Waals surface area contributed by atoms with E-state index in [9.17, 15) is 9.18 Å². The lowest BCUT2D eigenvalue weighted by Gasteiger charge is -2.20. The average molecular weight is 372 g/mol. The Morgan fingerprint density at radius 1 is 1.23 bits per heavy atom. The van der Waals surface area contributed by atoms with Gasteiger partial charge < -0.3 is 4.90 Å². The fraction of sp³-hybridized carbons (Fsp3) is 0.300. The summed E-state index contributed by atoms with van der Waals surface area (Å²) in [4.78, 5) is 20.7. The number of nitrogens with zero attached hydrogens (tertiary/aromatic N) is 2. The van der Waals surface area contributed by atoms with Crippen LogP contribution >= 0.6 is 11.3 Å². The van der Waals surface area contributed by atoms with E-state index >= 15 is 0 Å². The summed E-state index contributed by atoms with van der Waals surface area (Å²) >= 11 is 1.50. The Balaban J connectivity index is 2.03. The van der Waals surface area contributed by atoms with Crippen LogP contribution < -0.4 is 9.80 Å². The zero-order valence-electron chi connectivity index (χ0n) is 15.5. The van der Waals surface area contributed by atoms with Gasteiger partial charge in [0.15, 0.2) is 5.13 Å². The van der Waals surface area contributed by atoms with Gasteiger partial charge in [0.1, 0.15) is 5.82 Å².